The van der Waals surface area contributed by atoms with Crippen LogP contribution >= 0.6 is 0 Å². The molecule has 0 saturated carbocycles. The van der Waals surface area contributed by atoms with Gasteiger partial charge in [0.15, 0.2) is 12.6 Å². The van der Waals surface area contributed by atoms with Crippen LogP contribution in [0.2, 0.25) is 0 Å². The predicted molar refractivity (Wildman–Crippen MR) is 259 cm³/mol. The lowest BCUT2D eigenvalue weighted by atomic mass is 9.77. The molecule has 18 atom stereocenters. The Hall–Kier alpha value is -2.89. The summed E-state index contributed by atoms with van der Waals surface area (Å²) in [5, 5.41) is 68.3. The van der Waals surface area contributed by atoms with E-state index in [0.717, 1.165) is 17.0 Å². The number of aliphatic hydroxyl groups excluding tert-OH is 3. The molecule has 5 N–H and O–H groups in total. The number of esters is 1. The van der Waals surface area contributed by atoms with Crippen LogP contribution in [-0.4, -0.2) is 195 Å². The molecule has 1 aromatic heterocycles. The standard InChI is InChI=1S/C51H87N5O14/c1-15-40-51(10,62)44(58)34(6)55(12)27-30(2)25-49(8,61)46(32(4)43(33(5)47(60)68-40)69-41-26-50(9,64-14)45(59)35(7)67-41)70-48-42(57)39(24-31(3)66-48)54(11)21-20-37-28-56(53-52-37)22-23-65-29-36-16-18-38(63-13)19-17-36/h16-19,28,30-35,39-46,48,57-59,61-62H,15,20-27,29H2,1-14H3/t30-,31-,32+,33-,34-,35+,39+,40-,41+,42-,43+,44-,45+,46-,48+,49-,50-,51-/m1/s1. The van der Waals surface area contributed by atoms with Gasteiger partial charge in [0.1, 0.15) is 35.8 Å². The number of carbonyl (C=O) groups excluding carboxylic acids is 1. The summed E-state index contributed by atoms with van der Waals surface area (Å²) in [6, 6.07) is 6.76. The second-order valence-corrected chi connectivity index (χ2v) is 21.3. The Balaban J connectivity index is 1.39. The molecular weight excluding hydrogens is 907 g/mol. The zero-order chi connectivity index (χ0) is 51.9. The van der Waals surface area contributed by atoms with Crippen LogP contribution < -0.4 is 4.74 Å². The maximum atomic E-state index is 14.5. The van der Waals surface area contributed by atoms with Crippen LogP contribution in [0.25, 0.3) is 0 Å². The number of cyclic esters (lactones) is 1. The van der Waals surface area contributed by atoms with E-state index >= 15 is 0 Å². The summed E-state index contributed by atoms with van der Waals surface area (Å²) < 4.78 is 51.1. The molecule has 0 amide bonds. The Morgan fingerprint density at radius 1 is 0.943 bits per heavy atom. The number of carbonyl (C=O) groups is 1. The highest BCUT2D eigenvalue weighted by Gasteiger charge is 2.53. The van der Waals surface area contributed by atoms with Gasteiger partial charge < -0.3 is 73.2 Å². The smallest absolute Gasteiger partial charge is 0.311 e. The molecule has 0 unspecified atom stereocenters. The van der Waals surface area contributed by atoms with Gasteiger partial charge in [-0.25, -0.2) is 4.68 Å². The Morgan fingerprint density at radius 3 is 2.27 bits per heavy atom. The second kappa shape index (κ2) is 24.9. The topological polar surface area (TPSA) is 229 Å². The molecule has 5 rings (SSSR count). The van der Waals surface area contributed by atoms with Crippen LogP contribution in [0.3, 0.4) is 0 Å². The maximum Gasteiger partial charge on any atom is 0.311 e. The van der Waals surface area contributed by atoms with E-state index in [-0.39, 0.29) is 31.3 Å². The SMILES string of the molecule is CC[C@H]1OC(=O)[C@H](C)[C@@H](O[C@H]2C[C@@](C)(OC)[C@@H](O)[C@H](C)O2)[C@H](C)[C@@H](O[C@@H]2O[C@H](C)C[C@H](N(C)CCc3cn(CCOCc4ccc(OC)cc4)nn3)[C@H]2O)[C@](C)(O)C[C@@H](C)CN(C)[C@H](C)[C@@H](O)[C@]1(C)O. The van der Waals surface area contributed by atoms with Gasteiger partial charge in [0, 0.05) is 57.2 Å². The van der Waals surface area contributed by atoms with Gasteiger partial charge in [-0.1, -0.05) is 38.1 Å². The molecule has 3 aliphatic rings. The number of methoxy groups -OCH3 is 2. The number of rotatable bonds is 16. The van der Waals surface area contributed by atoms with Crippen molar-refractivity contribution in [2.75, 3.05) is 48.0 Å². The van der Waals surface area contributed by atoms with E-state index in [0.29, 0.717) is 45.7 Å². The van der Waals surface area contributed by atoms with Gasteiger partial charge in [-0.3, -0.25) is 4.79 Å². The molecule has 70 heavy (non-hydrogen) atoms. The molecule has 0 radical (unpaired) electrons. The fourth-order valence-electron chi connectivity index (χ4n) is 10.7. The summed E-state index contributed by atoms with van der Waals surface area (Å²) in [6.07, 6.45) is -6.51. The minimum atomic E-state index is -1.83. The van der Waals surface area contributed by atoms with Crippen molar-refractivity contribution in [2.45, 2.75) is 205 Å². The van der Waals surface area contributed by atoms with Gasteiger partial charge in [-0.15, -0.1) is 5.10 Å². The normalized spacial score (nSPS) is 39.8. The molecule has 400 valence electrons. The monoisotopic (exact) mass is 994 g/mol. The lowest BCUT2D eigenvalue weighted by Gasteiger charge is -2.49. The molecular formula is C51H87N5O14. The van der Waals surface area contributed by atoms with Crippen LogP contribution in [0.5, 0.6) is 5.75 Å². The first-order valence-electron chi connectivity index (χ1n) is 25.2. The van der Waals surface area contributed by atoms with Crippen LogP contribution in [0, 0.1) is 17.8 Å². The third-order valence-electron chi connectivity index (χ3n) is 15.3. The second-order valence-electron chi connectivity index (χ2n) is 21.3. The Kier molecular flexibility index (Phi) is 20.6. The molecule has 0 bridgehead atoms. The van der Waals surface area contributed by atoms with E-state index in [1.807, 2.05) is 70.2 Å². The predicted octanol–water partition coefficient (Wildman–Crippen LogP) is 3.33. The third kappa shape index (κ3) is 14.2. The molecule has 3 aliphatic heterocycles. The number of ether oxygens (including phenoxy) is 8. The van der Waals surface area contributed by atoms with Crippen molar-refractivity contribution >= 4 is 5.97 Å². The number of aromatic nitrogens is 3. The van der Waals surface area contributed by atoms with E-state index in [4.69, 9.17) is 37.9 Å². The Labute approximate surface area is 416 Å². The van der Waals surface area contributed by atoms with Crippen LogP contribution in [0.4, 0.5) is 0 Å². The minimum absolute atomic E-state index is 0.105. The molecule has 0 spiro atoms. The van der Waals surface area contributed by atoms with Gasteiger partial charge in [-0.2, -0.15) is 0 Å². The summed E-state index contributed by atoms with van der Waals surface area (Å²) in [7, 11) is 6.92. The fraction of sp³-hybridized carbons (Fsp3) is 0.824. The molecule has 1 aromatic carbocycles. The van der Waals surface area contributed by atoms with Gasteiger partial charge in [-0.05, 0) is 105 Å². The van der Waals surface area contributed by atoms with E-state index in [2.05, 4.69) is 15.2 Å². The average molecular weight is 994 g/mol. The summed E-state index contributed by atoms with van der Waals surface area (Å²) in [6.45, 7) is 20.0. The number of aliphatic hydroxyl groups is 5. The maximum absolute atomic E-state index is 14.5. The Bertz CT molecular complexity index is 1910. The average Bonchev–Trinajstić information content (AvgIpc) is 3.78. The van der Waals surface area contributed by atoms with Gasteiger partial charge >= 0.3 is 5.97 Å². The number of benzene rings is 1. The number of hydrogen-bond donors (Lipinski definition) is 5. The molecule has 4 heterocycles. The first-order chi connectivity index (χ1) is 32.8. The van der Waals surface area contributed by atoms with Crippen LogP contribution in [0.1, 0.15) is 106 Å². The van der Waals surface area contributed by atoms with Crippen molar-refractivity contribution in [3.63, 3.8) is 0 Å². The van der Waals surface area contributed by atoms with Crippen molar-refractivity contribution in [3.05, 3.63) is 41.7 Å². The van der Waals surface area contributed by atoms with Gasteiger partial charge in [0.2, 0.25) is 0 Å². The molecule has 19 heteroatoms. The van der Waals surface area contributed by atoms with Crippen molar-refractivity contribution in [1.29, 1.82) is 0 Å². The highest BCUT2D eigenvalue weighted by atomic mass is 16.7. The van der Waals surface area contributed by atoms with Crippen LogP contribution in [-0.2, 0) is 57.5 Å². The number of hydrogen-bond acceptors (Lipinski definition) is 18. The molecule has 3 fully saturated rings. The van der Waals surface area contributed by atoms with Crippen molar-refractivity contribution in [2.24, 2.45) is 17.8 Å². The molecule has 0 aliphatic carbocycles. The minimum Gasteiger partial charge on any atom is -0.497 e. The fourth-order valence-corrected chi connectivity index (χ4v) is 10.7. The first-order valence-corrected chi connectivity index (χ1v) is 25.2. The van der Waals surface area contributed by atoms with Crippen molar-refractivity contribution < 1.29 is 68.2 Å². The zero-order valence-corrected chi connectivity index (χ0v) is 44.3. The molecule has 2 aromatic rings. The summed E-state index contributed by atoms with van der Waals surface area (Å²) in [5.41, 5.74) is -2.68. The quantitative estimate of drug-likeness (QED) is 0.120. The first kappa shape index (κ1) is 58.0. The van der Waals surface area contributed by atoms with Crippen molar-refractivity contribution in [3.8, 4) is 5.75 Å². The molecule has 3 saturated heterocycles. The lowest BCUT2D eigenvalue weighted by Crippen LogP contribution is -2.61. The van der Waals surface area contributed by atoms with E-state index in [9.17, 15) is 30.3 Å². The van der Waals surface area contributed by atoms with Crippen molar-refractivity contribution in [1.82, 2.24) is 24.8 Å². The molecule has 19 nitrogen and oxygen atoms in total. The highest BCUT2D eigenvalue weighted by Crippen LogP contribution is 2.40. The number of likely N-dealkylation sites (N-methyl/N-ethyl adjacent to an activating group) is 2. The Morgan fingerprint density at radius 2 is 1.63 bits per heavy atom. The van der Waals surface area contributed by atoms with Gasteiger partial charge in [0.05, 0.1) is 74.1 Å². The lowest BCUT2D eigenvalue weighted by molar-refractivity contribution is -0.318. The van der Waals surface area contributed by atoms with Gasteiger partial charge in [0.25, 0.3) is 0 Å². The summed E-state index contributed by atoms with van der Waals surface area (Å²) >= 11 is 0. The zero-order valence-electron chi connectivity index (χ0n) is 44.3. The van der Waals surface area contributed by atoms with Crippen LogP contribution in [0.15, 0.2) is 30.5 Å². The summed E-state index contributed by atoms with van der Waals surface area (Å²) in [4.78, 5) is 18.5. The van der Waals surface area contributed by atoms with E-state index in [1.54, 1.807) is 53.3 Å². The number of nitrogens with zero attached hydrogens (tertiary/aromatic N) is 5. The largest absolute Gasteiger partial charge is 0.497 e. The highest BCUT2D eigenvalue weighted by molar-refractivity contribution is 5.73. The summed E-state index contributed by atoms with van der Waals surface area (Å²) in [5.74, 6) is -1.97. The van der Waals surface area contributed by atoms with E-state index < -0.39 is 102 Å². The van der Waals surface area contributed by atoms with E-state index in [1.165, 1.54) is 14.0 Å². The third-order valence-corrected chi connectivity index (χ3v) is 15.3.